The average Bonchev–Trinajstić information content (AvgIpc) is 2.82. The van der Waals surface area contributed by atoms with Crippen LogP contribution in [0.2, 0.25) is 0 Å². The molecule has 11 heteroatoms. The molecule has 0 atom stereocenters. The van der Waals surface area contributed by atoms with Gasteiger partial charge in [-0.05, 0) is 41.5 Å². The molecule has 0 aliphatic heterocycles. The Hall–Kier alpha value is -2.98. The zero-order chi connectivity index (χ0) is 19.4. The van der Waals surface area contributed by atoms with E-state index < -0.39 is 34.3 Å². The van der Waals surface area contributed by atoms with Crippen molar-refractivity contribution >= 4 is 23.8 Å². The molecule has 0 unspecified atom stereocenters. The van der Waals surface area contributed by atoms with E-state index in [4.69, 9.17) is 9.47 Å². The number of hydrogen-bond acceptors (Lipinski definition) is 7. The highest BCUT2D eigenvalue weighted by molar-refractivity contribution is 5.99. The largest absolute Gasteiger partial charge is 0.444 e. The molecular formula is C14H21N5O6. The predicted molar refractivity (Wildman–Crippen MR) is 87.3 cm³/mol. The van der Waals surface area contributed by atoms with Crippen molar-refractivity contribution in [2.75, 3.05) is 0 Å². The number of nitro groups is 1. The molecule has 11 nitrogen and oxygen atoms in total. The lowest BCUT2D eigenvalue weighted by molar-refractivity contribution is -0.384. The Labute approximate surface area is 144 Å². The molecule has 0 bridgehead atoms. The maximum absolute atomic E-state index is 11.9. The molecule has 0 aromatic carbocycles. The van der Waals surface area contributed by atoms with E-state index in [2.05, 4.69) is 15.4 Å². The molecule has 25 heavy (non-hydrogen) atoms. The number of amides is 2. The van der Waals surface area contributed by atoms with Crippen molar-refractivity contribution in [2.45, 2.75) is 52.7 Å². The molecule has 1 aromatic heterocycles. The van der Waals surface area contributed by atoms with E-state index in [9.17, 15) is 19.7 Å². The summed E-state index contributed by atoms with van der Waals surface area (Å²) in [5.41, 5.74) is -1.95. The summed E-state index contributed by atoms with van der Waals surface area (Å²) in [4.78, 5) is 37.5. The van der Waals surface area contributed by atoms with Gasteiger partial charge in [0.1, 0.15) is 23.6 Å². The van der Waals surface area contributed by atoms with Crippen molar-refractivity contribution in [1.29, 1.82) is 0 Å². The Morgan fingerprint density at radius 1 is 1.20 bits per heavy atom. The van der Waals surface area contributed by atoms with Gasteiger partial charge in [0.15, 0.2) is 0 Å². The van der Waals surface area contributed by atoms with Crippen LogP contribution in [0.25, 0.3) is 0 Å². The van der Waals surface area contributed by atoms with E-state index in [-0.39, 0.29) is 5.69 Å². The van der Waals surface area contributed by atoms with Crippen molar-refractivity contribution in [3.8, 4) is 0 Å². The van der Waals surface area contributed by atoms with E-state index in [1.165, 1.54) is 0 Å². The van der Waals surface area contributed by atoms with Gasteiger partial charge in [0.2, 0.25) is 5.96 Å². The van der Waals surface area contributed by atoms with Crippen molar-refractivity contribution in [2.24, 2.45) is 4.99 Å². The van der Waals surface area contributed by atoms with Crippen molar-refractivity contribution in [1.82, 2.24) is 15.1 Å². The van der Waals surface area contributed by atoms with Crippen LogP contribution in [0.3, 0.4) is 0 Å². The van der Waals surface area contributed by atoms with E-state index >= 15 is 0 Å². The molecule has 1 heterocycles. The molecule has 1 aromatic rings. The van der Waals surface area contributed by atoms with E-state index in [0.717, 1.165) is 17.1 Å². The molecule has 0 radical (unpaired) electrons. The molecule has 2 amide bonds. The summed E-state index contributed by atoms with van der Waals surface area (Å²) in [5, 5.41) is 16.7. The maximum atomic E-state index is 11.9. The minimum absolute atomic E-state index is 0.345. The van der Waals surface area contributed by atoms with Crippen molar-refractivity contribution in [3.05, 3.63) is 22.5 Å². The lowest BCUT2D eigenvalue weighted by Gasteiger charge is -2.20. The summed E-state index contributed by atoms with van der Waals surface area (Å²) in [6.45, 7) is 9.86. The molecule has 1 N–H and O–H groups in total. The van der Waals surface area contributed by atoms with Crippen molar-refractivity contribution in [3.63, 3.8) is 0 Å². The zero-order valence-electron chi connectivity index (χ0n) is 14.9. The number of aliphatic imine (C=N–C) groups is 1. The normalized spacial score (nSPS) is 12.5. The standard InChI is InChI=1S/C14H21N5O6/c1-13(2,3)24-11(20)16-10(17-12(21)25-14(4,5)6)18-8-9(7-15-18)19(22)23/h7-8H,1-6H3,(H,16,17,20,21). The van der Waals surface area contributed by atoms with Gasteiger partial charge in [0.25, 0.3) is 0 Å². The lowest BCUT2D eigenvalue weighted by Crippen LogP contribution is -2.40. The molecule has 0 aliphatic rings. The monoisotopic (exact) mass is 355 g/mol. The highest BCUT2D eigenvalue weighted by Gasteiger charge is 2.22. The first-order valence-electron chi connectivity index (χ1n) is 7.28. The first-order chi connectivity index (χ1) is 11.3. The van der Waals surface area contributed by atoms with Gasteiger partial charge in [-0.2, -0.15) is 5.10 Å². The Morgan fingerprint density at radius 3 is 2.20 bits per heavy atom. The first kappa shape index (κ1) is 20.1. The third-order valence-corrected chi connectivity index (χ3v) is 2.20. The van der Waals surface area contributed by atoms with Crippen LogP contribution in [0.1, 0.15) is 41.5 Å². The smallest absolute Gasteiger partial charge is 0.437 e. The number of carbonyl (C=O) groups excluding carboxylic acids is 2. The van der Waals surface area contributed by atoms with Gasteiger partial charge >= 0.3 is 17.9 Å². The second-order valence-electron chi connectivity index (χ2n) is 6.94. The number of nitrogens with one attached hydrogen (secondary N) is 1. The Bertz CT molecular complexity index is 695. The van der Waals surface area contributed by atoms with E-state index in [1.807, 2.05) is 0 Å². The molecule has 138 valence electrons. The quantitative estimate of drug-likeness (QED) is 0.353. The highest BCUT2D eigenvalue weighted by atomic mass is 16.6. The van der Waals surface area contributed by atoms with Gasteiger partial charge in [-0.25, -0.2) is 14.3 Å². The van der Waals surface area contributed by atoms with Crippen LogP contribution in [-0.4, -0.2) is 44.1 Å². The van der Waals surface area contributed by atoms with Gasteiger partial charge in [-0.1, -0.05) is 0 Å². The first-order valence-corrected chi connectivity index (χ1v) is 7.28. The summed E-state index contributed by atoms with van der Waals surface area (Å²) < 4.78 is 11.0. The van der Waals surface area contributed by atoms with Gasteiger partial charge in [0.05, 0.1) is 4.92 Å². The number of aromatic nitrogens is 2. The van der Waals surface area contributed by atoms with Crippen LogP contribution in [0.5, 0.6) is 0 Å². The Morgan fingerprint density at radius 2 is 1.76 bits per heavy atom. The number of rotatable bonds is 1. The third-order valence-electron chi connectivity index (χ3n) is 2.20. The molecule has 1 rings (SSSR count). The van der Waals surface area contributed by atoms with Gasteiger partial charge in [-0.15, -0.1) is 4.99 Å². The molecular weight excluding hydrogens is 334 g/mol. The Balaban J connectivity index is 3.10. The summed E-state index contributed by atoms with van der Waals surface area (Å²) in [7, 11) is 0. The predicted octanol–water partition coefficient (Wildman–Crippen LogP) is 2.46. The van der Waals surface area contributed by atoms with Crippen LogP contribution in [0.15, 0.2) is 17.4 Å². The van der Waals surface area contributed by atoms with Crippen LogP contribution in [0, 0.1) is 10.1 Å². The topological polar surface area (TPSA) is 138 Å². The highest BCUT2D eigenvalue weighted by Crippen LogP contribution is 2.11. The maximum Gasteiger partial charge on any atom is 0.437 e. The number of ether oxygens (including phenoxy) is 2. The number of hydrogen-bond donors (Lipinski definition) is 1. The van der Waals surface area contributed by atoms with Crippen LogP contribution >= 0.6 is 0 Å². The average molecular weight is 355 g/mol. The molecule has 0 saturated heterocycles. The number of nitrogens with zero attached hydrogens (tertiary/aromatic N) is 4. The fourth-order valence-electron chi connectivity index (χ4n) is 1.43. The summed E-state index contributed by atoms with van der Waals surface area (Å²) in [5.74, 6) is -0.392. The number of alkyl carbamates (subject to hydrolysis) is 1. The summed E-state index contributed by atoms with van der Waals surface area (Å²) >= 11 is 0. The zero-order valence-corrected chi connectivity index (χ0v) is 14.9. The summed E-state index contributed by atoms with van der Waals surface area (Å²) in [6.07, 6.45) is 0.0202. The molecule has 0 aliphatic carbocycles. The van der Waals surface area contributed by atoms with E-state index in [1.54, 1.807) is 41.5 Å². The van der Waals surface area contributed by atoms with Crippen LogP contribution < -0.4 is 5.32 Å². The second kappa shape index (κ2) is 7.28. The van der Waals surface area contributed by atoms with Gasteiger partial charge in [0, 0.05) is 0 Å². The Kier molecular flexibility index (Phi) is 5.84. The fraction of sp³-hybridized carbons (Fsp3) is 0.571. The SMILES string of the molecule is CC(C)(C)OC(=O)/N=C(\NC(=O)OC(C)(C)C)n1cc([N+](=O)[O-])cn1. The second-order valence-corrected chi connectivity index (χ2v) is 6.94. The summed E-state index contributed by atoms with van der Waals surface area (Å²) in [6, 6.07) is 0. The van der Waals surface area contributed by atoms with Gasteiger partial charge < -0.3 is 9.47 Å². The fourth-order valence-corrected chi connectivity index (χ4v) is 1.43. The van der Waals surface area contributed by atoms with Crippen LogP contribution in [-0.2, 0) is 9.47 Å². The third kappa shape index (κ3) is 7.42. The van der Waals surface area contributed by atoms with E-state index in [0.29, 0.717) is 0 Å². The van der Waals surface area contributed by atoms with Gasteiger partial charge in [-0.3, -0.25) is 15.4 Å². The lowest BCUT2D eigenvalue weighted by atomic mass is 10.2. The minimum Gasteiger partial charge on any atom is -0.444 e. The molecule has 0 spiro atoms. The van der Waals surface area contributed by atoms with Crippen LogP contribution in [0.4, 0.5) is 15.3 Å². The number of carbonyl (C=O) groups is 2. The molecule has 0 saturated carbocycles. The molecule has 0 fully saturated rings. The minimum atomic E-state index is -1.00. The van der Waals surface area contributed by atoms with Crippen molar-refractivity contribution < 1.29 is 24.0 Å².